The molecular formula is C13H16F2N2O. The van der Waals surface area contributed by atoms with Crippen LogP contribution in [0.1, 0.15) is 12.5 Å². The monoisotopic (exact) mass is 254 g/mol. The van der Waals surface area contributed by atoms with Crippen LogP contribution in [0.5, 0.6) is 0 Å². The Hall–Kier alpha value is -1.75. The Morgan fingerprint density at radius 1 is 1.50 bits per heavy atom. The van der Waals surface area contributed by atoms with Gasteiger partial charge in [0.1, 0.15) is 11.6 Å². The summed E-state index contributed by atoms with van der Waals surface area (Å²) >= 11 is 0. The molecule has 98 valence electrons. The van der Waals surface area contributed by atoms with E-state index in [2.05, 4.69) is 17.2 Å². The molecule has 0 fully saturated rings. The minimum atomic E-state index is -0.624. The van der Waals surface area contributed by atoms with Gasteiger partial charge in [-0.25, -0.2) is 8.78 Å². The zero-order chi connectivity index (χ0) is 13.5. The van der Waals surface area contributed by atoms with Gasteiger partial charge in [0.25, 0.3) is 0 Å². The average Bonchev–Trinajstić information content (AvgIpc) is 2.34. The van der Waals surface area contributed by atoms with Crippen molar-refractivity contribution in [1.29, 1.82) is 0 Å². The van der Waals surface area contributed by atoms with E-state index in [4.69, 9.17) is 0 Å². The molecule has 0 bridgehead atoms. The second-order valence-corrected chi connectivity index (χ2v) is 3.87. The summed E-state index contributed by atoms with van der Waals surface area (Å²) in [6, 6.07) is 2.89. The quantitative estimate of drug-likeness (QED) is 0.759. The molecule has 1 unspecified atom stereocenters. The molecule has 1 amide bonds. The molecule has 0 saturated heterocycles. The molecule has 1 aromatic carbocycles. The Balaban J connectivity index is 2.49. The van der Waals surface area contributed by atoms with Crippen molar-refractivity contribution < 1.29 is 13.6 Å². The van der Waals surface area contributed by atoms with Crippen LogP contribution in [-0.2, 0) is 11.3 Å². The lowest BCUT2D eigenvalue weighted by molar-refractivity contribution is -0.122. The first-order chi connectivity index (χ1) is 8.54. The van der Waals surface area contributed by atoms with Crippen molar-refractivity contribution in [3.8, 4) is 0 Å². The summed E-state index contributed by atoms with van der Waals surface area (Å²) in [5.41, 5.74) is 0.319. The molecule has 1 aromatic rings. The number of carbonyl (C=O) groups is 1. The van der Waals surface area contributed by atoms with Gasteiger partial charge in [-0.05, 0) is 13.0 Å². The maximum atomic E-state index is 13.3. The summed E-state index contributed by atoms with van der Waals surface area (Å²) in [6.45, 7) is 5.70. The predicted molar refractivity (Wildman–Crippen MR) is 65.9 cm³/mol. The van der Waals surface area contributed by atoms with E-state index in [-0.39, 0.29) is 12.5 Å². The van der Waals surface area contributed by atoms with Crippen molar-refractivity contribution in [1.82, 2.24) is 10.6 Å². The van der Waals surface area contributed by atoms with Gasteiger partial charge in [0.05, 0.1) is 6.04 Å². The van der Waals surface area contributed by atoms with Crippen LogP contribution in [0.2, 0.25) is 0 Å². The van der Waals surface area contributed by atoms with Crippen molar-refractivity contribution in [2.45, 2.75) is 19.5 Å². The maximum Gasteiger partial charge on any atom is 0.237 e. The SMILES string of the molecule is C=CCNC(=O)C(C)NCc1ccc(F)cc1F. The normalized spacial score (nSPS) is 11.9. The molecule has 1 rings (SSSR count). The molecule has 2 N–H and O–H groups in total. The third-order valence-corrected chi connectivity index (χ3v) is 2.43. The fraction of sp³-hybridized carbons (Fsp3) is 0.308. The number of amides is 1. The van der Waals surface area contributed by atoms with E-state index < -0.39 is 17.7 Å². The van der Waals surface area contributed by atoms with Gasteiger partial charge in [-0.15, -0.1) is 6.58 Å². The van der Waals surface area contributed by atoms with Gasteiger partial charge in [-0.3, -0.25) is 4.79 Å². The van der Waals surface area contributed by atoms with Crippen LogP contribution < -0.4 is 10.6 Å². The van der Waals surface area contributed by atoms with Gasteiger partial charge in [0.2, 0.25) is 5.91 Å². The molecule has 0 aliphatic heterocycles. The molecule has 0 heterocycles. The third kappa shape index (κ3) is 4.25. The van der Waals surface area contributed by atoms with Gasteiger partial charge >= 0.3 is 0 Å². The molecule has 0 aliphatic rings. The van der Waals surface area contributed by atoms with Gasteiger partial charge in [-0.1, -0.05) is 12.1 Å². The number of rotatable bonds is 6. The zero-order valence-corrected chi connectivity index (χ0v) is 10.2. The molecule has 5 heteroatoms. The first-order valence-electron chi connectivity index (χ1n) is 5.60. The first-order valence-corrected chi connectivity index (χ1v) is 5.60. The van der Waals surface area contributed by atoms with Crippen molar-refractivity contribution in [2.75, 3.05) is 6.54 Å². The van der Waals surface area contributed by atoms with Crippen LogP contribution in [0.15, 0.2) is 30.9 Å². The summed E-state index contributed by atoms with van der Waals surface area (Å²) in [4.78, 5) is 11.5. The summed E-state index contributed by atoms with van der Waals surface area (Å²) < 4.78 is 26.0. The molecule has 0 aliphatic carbocycles. The molecule has 0 aromatic heterocycles. The third-order valence-electron chi connectivity index (χ3n) is 2.43. The van der Waals surface area contributed by atoms with E-state index in [1.807, 2.05) is 0 Å². The Morgan fingerprint density at radius 3 is 2.83 bits per heavy atom. The fourth-order valence-corrected chi connectivity index (χ4v) is 1.35. The molecule has 0 radical (unpaired) electrons. The number of nitrogens with one attached hydrogen (secondary N) is 2. The largest absolute Gasteiger partial charge is 0.351 e. The maximum absolute atomic E-state index is 13.3. The van der Waals surface area contributed by atoms with E-state index in [0.29, 0.717) is 12.1 Å². The van der Waals surface area contributed by atoms with Gasteiger partial charge < -0.3 is 10.6 Å². The van der Waals surface area contributed by atoms with E-state index in [1.165, 1.54) is 12.1 Å². The Labute approximate surface area is 105 Å². The van der Waals surface area contributed by atoms with Crippen LogP contribution in [0.3, 0.4) is 0 Å². The number of carbonyl (C=O) groups excluding carboxylic acids is 1. The lowest BCUT2D eigenvalue weighted by Crippen LogP contribution is -2.41. The topological polar surface area (TPSA) is 41.1 Å². The predicted octanol–water partition coefficient (Wildman–Crippen LogP) is 1.75. The van der Waals surface area contributed by atoms with Gasteiger partial charge in [-0.2, -0.15) is 0 Å². The standard InChI is InChI=1S/C13H16F2N2O/c1-3-6-16-13(18)9(2)17-8-10-4-5-11(14)7-12(10)15/h3-5,7,9,17H,1,6,8H2,2H3,(H,16,18). The van der Waals surface area contributed by atoms with E-state index in [0.717, 1.165) is 6.07 Å². The smallest absolute Gasteiger partial charge is 0.237 e. The summed E-state index contributed by atoms with van der Waals surface area (Å²) in [6.07, 6.45) is 1.57. The Bertz CT molecular complexity index is 435. The van der Waals surface area contributed by atoms with Crippen LogP contribution in [0.25, 0.3) is 0 Å². The van der Waals surface area contributed by atoms with Crippen molar-refractivity contribution in [2.24, 2.45) is 0 Å². The Kier molecular flexibility index (Phi) is 5.45. The lowest BCUT2D eigenvalue weighted by atomic mass is 10.2. The minimum Gasteiger partial charge on any atom is -0.351 e. The summed E-state index contributed by atoms with van der Waals surface area (Å²) in [7, 11) is 0. The van der Waals surface area contributed by atoms with Gasteiger partial charge in [0.15, 0.2) is 0 Å². The van der Waals surface area contributed by atoms with Crippen LogP contribution in [-0.4, -0.2) is 18.5 Å². The lowest BCUT2D eigenvalue weighted by Gasteiger charge is -2.13. The minimum absolute atomic E-state index is 0.161. The number of hydrogen-bond acceptors (Lipinski definition) is 2. The molecule has 0 spiro atoms. The van der Waals surface area contributed by atoms with E-state index in [1.54, 1.807) is 13.0 Å². The highest BCUT2D eigenvalue weighted by Crippen LogP contribution is 2.09. The highest BCUT2D eigenvalue weighted by atomic mass is 19.1. The van der Waals surface area contributed by atoms with Crippen LogP contribution >= 0.6 is 0 Å². The second kappa shape index (κ2) is 6.86. The van der Waals surface area contributed by atoms with E-state index in [9.17, 15) is 13.6 Å². The molecular weight excluding hydrogens is 238 g/mol. The highest BCUT2D eigenvalue weighted by molar-refractivity contribution is 5.81. The highest BCUT2D eigenvalue weighted by Gasteiger charge is 2.12. The van der Waals surface area contributed by atoms with E-state index >= 15 is 0 Å². The fourth-order valence-electron chi connectivity index (χ4n) is 1.35. The van der Waals surface area contributed by atoms with Crippen molar-refractivity contribution in [3.05, 3.63) is 48.1 Å². The molecule has 18 heavy (non-hydrogen) atoms. The second-order valence-electron chi connectivity index (χ2n) is 3.87. The van der Waals surface area contributed by atoms with Crippen LogP contribution in [0, 0.1) is 11.6 Å². The van der Waals surface area contributed by atoms with Gasteiger partial charge in [0, 0.05) is 24.7 Å². The van der Waals surface area contributed by atoms with Crippen LogP contribution in [0.4, 0.5) is 8.78 Å². The first kappa shape index (κ1) is 14.3. The number of hydrogen-bond donors (Lipinski definition) is 2. The molecule has 1 atom stereocenters. The number of benzene rings is 1. The summed E-state index contributed by atoms with van der Waals surface area (Å²) in [5.74, 6) is -1.44. The Morgan fingerprint density at radius 2 is 2.22 bits per heavy atom. The summed E-state index contributed by atoms with van der Waals surface area (Å²) in [5, 5.41) is 5.48. The van der Waals surface area contributed by atoms with Crippen molar-refractivity contribution in [3.63, 3.8) is 0 Å². The molecule has 0 saturated carbocycles. The van der Waals surface area contributed by atoms with Crippen molar-refractivity contribution >= 4 is 5.91 Å². The molecule has 3 nitrogen and oxygen atoms in total. The zero-order valence-electron chi connectivity index (χ0n) is 10.2. The average molecular weight is 254 g/mol. The number of halogens is 2.